The molecule has 4 heteroatoms. The van der Waals surface area contributed by atoms with E-state index in [-0.39, 0.29) is 5.91 Å². The summed E-state index contributed by atoms with van der Waals surface area (Å²) >= 11 is 4.75. The molecule has 0 rings (SSSR count). The summed E-state index contributed by atoms with van der Waals surface area (Å²) in [5, 5.41) is 0. The van der Waals surface area contributed by atoms with E-state index >= 15 is 0 Å². The molecule has 14 heavy (non-hydrogen) atoms. The Balaban J connectivity index is 3.70. The van der Waals surface area contributed by atoms with E-state index in [1.54, 1.807) is 11.9 Å². The van der Waals surface area contributed by atoms with Gasteiger partial charge in [-0.1, -0.05) is 26.1 Å². The van der Waals surface area contributed by atoms with Crippen molar-refractivity contribution in [1.29, 1.82) is 0 Å². The highest BCUT2D eigenvalue weighted by atomic mass is 32.1. The highest BCUT2D eigenvalue weighted by molar-refractivity contribution is 7.80. The molecule has 0 aromatic heterocycles. The molecule has 1 amide bonds. The third-order valence-electron chi connectivity index (χ3n) is 2.05. The minimum Gasteiger partial charge on any atom is -0.393 e. The first-order chi connectivity index (χ1) is 6.43. The third-order valence-corrected chi connectivity index (χ3v) is 2.26. The van der Waals surface area contributed by atoms with E-state index in [9.17, 15) is 4.79 Å². The van der Waals surface area contributed by atoms with E-state index in [0.717, 1.165) is 6.42 Å². The largest absolute Gasteiger partial charge is 0.393 e. The lowest BCUT2D eigenvalue weighted by Gasteiger charge is -2.17. The molecule has 3 nitrogen and oxygen atoms in total. The van der Waals surface area contributed by atoms with Gasteiger partial charge in [0.05, 0.1) is 4.99 Å². The Labute approximate surface area is 91.6 Å². The number of rotatable bonds is 6. The molecule has 0 aromatic rings. The summed E-state index contributed by atoms with van der Waals surface area (Å²) in [7, 11) is 1.79. The summed E-state index contributed by atoms with van der Waals surface area (Å²) in [6.07, 6.45) is 2.17. The predicted molar refractivity (Wildman–Crippen MR) is 63.1 cm³/mol. The normalized spacial score (nSPS) is 10.3. The van der Waals surface area contributed by atoms with Crippen LogP contribution < -0.4 is 5.73 Å². The van der Waals surface area contributed by atoms with Gasteiger partial charge in [-0.3, -0.25) is 4.79 Å². The molecule has 0 saturated heterocycles. The van der Waals surface area contributed by atoms with Gasteiger partial charge in [-0.15, -0.1) is 0 Å². The summed E-state index contributed by atoms with van der Waals surface area (Å²) in [5.41, 5.74) is 5.36. The molecule has 82 valence electrons. The second-order valence-corrected chi connectivity index (χ2v) is 4.49. The van der Waals surface area contributed by atoms with Gasteiger partial charge in [0.25, 0.3) is 0 Å². The van der Waals surface area contributed by atoms with Gasteiger partial charge in [-0.2, -0.15) is 0 Å². The van der Waals surface area contributed by atoms with Gasteiger partial charge in [-0.05, 0) is 12.3 Å². The van der Waals surface area contributed by atoms with Crippen LogP contribution in [-0.2, 0) is 4.79 Å². The number of carbonyl (C=O) groups is 1. The van der Waals surface area contributed by atoms with Crippen LogP contribution in [0.15, 0.2) is 0 Å². The SMILES string of the molecule is CC(C)CCC(=O)N(C)CCC(N)=S. The van der Waals surface area contributed by atoms with Crippen molar-refractivity contribution in [3.63, 3.8) is 0 Å². The topological polar surface area (TPSA) is 46.3 Å². The Hall–Kier alpha value is -0.640. The Morgan fingerprint density at radius 3 is 2.43 bits per heavy atom. The van der Waals surface area contributed by atoms with Crippen LogP contribution in [0.1, 0.15) is 33.1 Å². The maximum atomic E-state index is 11.5. The molecule has 0 bridgehead atoms. The first-order valence-corrected chi connectivity index (χ1v) is 5.36. The van der Waals surface area contributed by atoms with Crippen molar-refractivity contribution in [3.05, 3.63) is 0 Å². The van der Waals surface area contributed by atoms with Crippen molar-refractivity contribution in [2.75, 3.05) is 13.6 Å². The van der Waals surface area contributed by atoms with Crippen LogP contribution in [0.2, 0.25) is 0 Å². The molecule has 0 aliphatic rings. The fourth-order valence-electron chi connectivity index (χ4n) is 1.01. The summed E-state index contributed by atoms with van der Waals surface area (Å²) in [5.74, 6) is 0.748. The summed E-state index contributed by atoms with van der Waals surface area (Å²) < 4.78 is 0. The molecule has 0 fully saturated rings. The van der Waals surface area contributed by atoms with Gasteiger partial charge in [0.2, 0.25) is 5.91 Å². The fraction of sp³-hybridized carbons (Fsp3) is 0.800. The van der Waals surface area contributed by atoms with Crippen LogP contribution in [0.4, 0.5) is 0 Å². The maximum absolute atomic E-state index is 11.5. The summed E-state index contributed by atoms with van der Waals surface area (Å²) in [6, 6.07) is 0. The molecule has 0 radical (unpaired) electrons. The van der Waals surface area contributed by atoms with Crippen LogP contribution in [0.5, 0.6) is 0 Å². The molecule has 0 aromatic carbocycles. The first kappa shape index (κ1) is 13.4. The Morgan fingerprint density at radius 1 is 1.43 bits per heavy atom. The standard InChI is InChI=1S/C10H20N2OS/c1-8(2)4-5-10(13)12(3)7-6-9(11)14/h8H,4-7H2,1-3H3,(H2,11,14). The van der Waals surface area contributed by atoms with Gasteiger partial charge < -0.3 is 10.6 Å². The zero-order valence-corrected chi connectivity index (χ0v) is 10.1. The molecular weight excluding hydrogens is 196 g/mol. The maximum Gasteiger partial charge on any atom is 0.222 e. The Morgan fingerprint density at radius 2 is 2.00 bits per heavy atom. The molecule has 0 atom stereocenters. The number of carbonyl (C=O) groups excluding carboxylic acids is 1. The van der Waals surface area contributed by atoms with Crippen molar-refractivity contribution in [3.8, 4) is 0 Å². The zero-order valence-electron chi connectivity index (χ0n) is 9.25. The van der Waals surface area contributed by atoms with Gasteiger partial charge >= 0.3 is 0 Å². The molecule has 0 aliphatic carbocycles. The van der Waals surface area contributed by atoms with Crippen LogP contribution in [-0.4, -0.2) is 29.4 Å². The van der Waals surface area contributed by atoms with Crippen LogP contribution in [0.3, 0.4) is 0 Å². The molecule has 0 aliphatic heterocycles. The first-order valence-electron chi connectivity index (χ1n) is 4.95. The van der Waals surface area contributed by atoms with E-state index in [1.807, 2.05) is 0 Å². The van der Waals surface area contributed by atoms with Crippen molar-refractivity contribution in [1.82, 2.24) is 4.90 Å². The van der Waals surface area contributed by atoms with Gasteiger partial charge in [-0.25, -0.2) is 0 Å². The van der Waals surface area contributed by atoms with Crippen LogP contribution in [0.25, 0.3) is 0 Å². The number of hydrogen-bond acceptors (Lipinski definition) is 2. The van der Waals surface area contributed by atoms with E-state index in [0.29, 0.717) is 30.3 Å². The third kappa shape index (κ3) is 6.83. The van der Waals surface area contributed by atoms with Crippen LogP contribution in [0, 0.1) is 5.92 Å². The lowest BCUT2D eigenvalue weighted by Crippen LogP contribution is -2.30. The summed E-state index contributed by atoms with van der Waals surface area (Å²) in [4.78, 5) is 13.7. The van der Waals surface area contributed by atoms with Crippen molar-refractivity contribution in [2.45, 2.75) is 33.1 Å². The molecule has 0 spiro atoms. The van der Waals surface area contributed by atoms with E-state index in [2.05, 4.69) is 13.8 Å². The highest BCUT2D eigenvalue weighted by Gasteiger charge is 2.09. The van der Waals surface area contributed by atoms with Crippen molar-refractivity contribution in [2.24, 2.45) is 11.7 Å². The molecule has 0 saturated carbocycles. The smallest absolute Gasteiger partial charge is 0.222 e. The van der Waals surface area contributed by atoms with E-state index in [4.69, 9.17) is 18.0 Å². The number of hydrogen-bond donors (Lipinski definition) is 1. The second kappa shape index (κ2) is 6.76. The lowest BCUT2D eigenvalue weighted by atomic mass is 10.1. The van der Waals surface area contributed by atoms with Gasteiger partial charge in [0.15, 0.2) is 0 Å². The predicted octanol–water partition coefficient (Wildman–Crippen LogP) is 1.56. The average molecular weight is 216 g/mol. The Bertz CT molecular complexity index is 204. The highest BCUT2D eigenvalue weighted by Crippen LogP contribution is 2.05. The number of thiocarbonyl (C=S) groups is 1. The lowest BCUT2D eigenvalue weighted by molar-refractivity contribution is -0.130. The fourth-order valence-corrected chi connectivity index (χ4v) is 1.10. The number of nitrogens with zero attached hydrogens (tertiary/aromatic N) is 1. The summed E-state index contributed by atoms with van der Waals surface area (Å²) in [6.45, 7) is 4.86. The van der Waals surface area contributed by atoms with E-state index in [1.165, 1.54) is 0 Å². The quantitative estimate of drug-likeness (QED) is 0.685. The molecule has 0 heterocycles. The average Bonchev–Trinajstić information content (AvgIpc) is 2.09. The zero-order chi connectivity index (χ0) is 11.1. The minimum atomic E-state index is 0.176. The Kier molecular flexibility index (Phi) is 6.45. The second-order valence-electron chi connectivity index (χ2n) is 3.96. The van der Waals surface area contributed by atoms with E-state index < -0.39 is 0 Å². The van der Waals surface area contributed by atoms with Crippen molar-refractivity contribution >= 4 is 23.1 Å². The van der Waals surface area contributed by atoms with Crippen LogP contribution >= 0.6 is 12.2 Å². The van der Waals surface area contributed by atoms with Gasteiger partial charge in [0.1, 0.15) is 0 Å². The molecule has 2 N–H and O–H groups in total. The molecule has 0 unspecified atom stereocenters. The number of nitrogens with two attached hydrogens (primary N) is 1. The van der Waals surface area contributed by atoms with Crippen molar-refractivity contribution < 1.29 is 4.79 Å². The molecular formula is C10H20N2OS. The number of amides is 1. The monoisotopic (exact) mass is 216 g/mol. The van der Waals surface area contributed by atoms with Gasteiger partial charge in [0, 0.05) is 26.4 Å². The minimum absolute atomic E-state index is 0.176.